The molecule has 0 radical (unpaired) electrons. The third-order valence-electron chi connectivity index (χ3n) is 2.37. The SMILES string of the molecule is CC(C)OCC(=O)c1c(Cl)cnn1CCN(C)C. The number of hydrogen-bond acceptors (Lipinski definition) is 4. The molecule has 102 valence electrons. The Hall–Kier alpha value is -0.910. The van der Waals surface area contributed by atoms with Crippen LogP contribution in [-0.2, 0) is 11.3 Å². The molecule has 1 aromatic rings. The zero-order valence-electron chi connectivity index (χ0n) is 11.3. The topological polar surface area (TPSA) is 47.4 Å². The molecule has 0 spiro atoms. The van der Waals surface area contributed by atoms with Crippen LogP contribution in [0.3, 0.4) is 0 Å². The van der Waals surface area contributed by atoms with E-state index in [4.69, 9.17) is 16.3 Å². The largest absolute Gasteiger partial charge is 0.371 e. The number of hydrogen-bond donors (Lipinski definition) is 0. The lowest BCUT2D eigenvalue weighted by Crippen LogP contribution is -2.23. The molecule has 0 aliphatic carbocycles. The predicted molar refractivity (Wildman–Crippen MR) is 71.2 cm³/mol. The maximum absolute atomic E-state index is 12.0. The molecule has 0 aliphatic heterocycles. The Balaban J connectivity index is 2.73. The van der Waals surface area contributed by atoms with E-state index >= 15 is 0 Å². The summed E-state index contributed by atoms with van der Waals surface area (Å²) in [6, 6.07) is 0. The summed E-state index contributed by atoms with van der Waals surface area (Å²) in [6.07, 6.45) is 1.52. The number of nitrogens with zero attached hydrogens (tertiary/aromatic N) is 3. The Morgan fingerprint density at radius 2 is 2.22 bits per heavy atom. The smallest absolute Gasteiger partial charge is 0.207 e. The molecule has 0 aromatic carbocycles. The highest BCUT2D eigenvalue weighted by Gasteiger charge is 2.18. The van der Waals surface area contributed by atoms with E-state index in [1.54, 1.807) is 4.68 Å². The number of likely N-dealkylation sites (N-methyl/N-ethyl adjacent to an activating group) is 1. The van der Waals surface area contributed by atoms with Crippen molar-refractivity contribution in [3.8, 4) is 0 Å². The van der Waals surface area contributed by atoms with E-state index in [2.05, 4.69) is 5.10 Å². The Morgan fingerprint density at radius 3 is 2.78 bits per heavy atom. The molecule has 5 nitrogen and oxygen atoms in total. The molecule has 0 fully saturated rings. The van der Waals surface area contributed by atoms with Gasteiger partial charge in [-0.3, -0.25) is 9.48 Å². The molecule has 0 unspecified atom stereocenters. The molecule has 0 aliphatic rings. The highest BCUT2D eigenvalue weighted by atomic mass is 35.5. The second-order valence-corrected chi connectivity index (χ2v) is 5.06. The second kappa shape index (κ2) is 6.87. The van der Waals surface area contributed by atoms with Crippen molar-refractivity contribution in [1.82, 2.24) is 14.7 Å². The zero-order valence-corrected chi connectivity index (χ0v) is 12.1. The average Bonchev–Trinajstić information content (AvgIpc) is 2.64. The van der Waals surface area contributed by atoms with Crippen LogP contribution in [0.1, 0.15) is 24.3 Å². The fourth-order valence-electron chi connectivity index (χ4n) is 1.41. The number of rotatable bonds is 7. The third-order valence-corrected chi connectivity index (χ3v) is 2.64. The first-order valence-electron chi connectivity index (χ1n) is 5.92. The maximum atomic E-state index is 12.0. The predicted octanol–water partition coefficient (Wildman–Crippen LogP) is 1.71. The molecular formula is C12H20ClN3O2. The van der Waals surface area contributed by atoms with Gasteiger partial charge in [0.2, 0.25) is 5.78 Å². The molecule has 6 heteroatoms. The first-order chi connectivity index (χ1) is 8.41. The van der Waals surface area contributed by atoms with Gasteiger partial charge in [-0.05, 0) is 27.9 Å². The van der Waals surface area contributed by atoms with Crippen LogP contribution in [0.5, 0.6) is 0 Å². The molecule has 1 rings (SSSR count). The van der Waals surface area contributed by atoms with Crippen molar-refractivity contribution in [2.75, 3.05) is 27.2 Å². The van der Waals surface area contributed by atoms with E-state index in [1.165, 1.54) is 6.20 Å². The Morgan fingerprint density at radius 1 is 1.56 bits per heavy atom. The van der Waals surface area contributed by atoms with Crippen molar-refractivity contribution in [3.63, 3.8) is 0 Å². The first kappa shape index (κ1) is 15.1. The zero-order chi connectivity index (χ0) is 13.7. The van der Waals surface area contributed by atoms with E-state index in [0.29, 0.717) is 17.3 Å². The number of halogens is 1. The van der Waals surface area contributed by atoms with Gasteiger partial charge in [-0.1, -0.05) is 11.6 Å². The summed E-state index contributed by atoms with van der Waals surface area (Å²) in [5.74, 6) is -0.134. The number of carbonyl (C=O) groups excluding carboxylic acids is 1. The van der Waals surface area contributed by atoms with Gasteiger partial charge in [0.15, 0.2) is 0 Å². The van der Waals surface area contributed by atoms with Gasteiger partial charge in [0, 0.05) is 6.54 Å². The van der Waals surface area contributed by atoms with Crippen LogP contribution < -0.4 is 0 Å². The van der Waals surface area contributed by atoms with Crippen molar-refractivity contribution >= 4 is 17.4 Å². The number of ether oxygens (including phenoxy) is 1. The van der Waals surface area contributed by atoms with Crippen LogP contribution in [0.2, 0.25) is 5.02 Å². The van der Waals surface area contributed by atoms with Crippen LogP contribution >= 0.6 is 11.6 Å². The number of aromatic nitrogens is 2. The standard InChI is InChI=1S/C12H20ClN3O2/c1-9(2)18-8-11(17)12-10(13)7-14-16(12)6-5-15(3)4/h7,9H,5-6,8H2,1-4H3. The quantitative estimate of drug-likeness (QED) is 0.710. The van der Waals surface area contributed by atoms with Gasteiger partial charge in [0.05, 0.1) is 23.9 Å². The fourth-order valence-corrected chi connectivity index (χ4v) is 1.66. The molecule has 0 bridgehead atoms. The van der Waals surface area contributed by atoms with E-state index in [1.807, 2.05) is 32.8 Å². The number of ketones is 1. The molecule has 0 atom stereocenters. The van der Waals surface area contributed by atoms with Crippen molar-refractivity contribution < 1.29 is 9.53 Å². The molecule has 0 amide bonds. The summed E-state index contributed by atoms with van der Waals surface area (Å²) in [6.45, 7) is 5.23. The molecule has 1 heterocycles. The second-order valence-electron chi connectivity index (χ2n) is 4.65. The molecule has 1 aromatic heterocycles. The molecular weight excluding hydrogens is 254 g/mol. The van der Waals surface area contributed by atoms with Crippen molar-refractivity contribution in [1.29, 1.82) is 0 Å². The minimum Gasteiger partial charge on any atom is -0.371 e. The minimum atomic E-state index is -0.134. The van der Waals surface area contributed by atoms with Gasteiger partial charge in [-0.25, -0.2) is 0 Å². The fraction of sp³-hybridized carbons (Fsp3) is 0.667. The van der Waals surface area contributed by atoms with Gasteiger partial charge >= 0.3 is 0 Å². The third kappa shape index (κ3) is 4.40. The van der Waals surface area contributed by atoms with Gasteiger partial charge in [-0.15, -0.1) is 0 Å². The average molecular weight is 274 g/mol. The Kier molecular flexibility index (Phi) is 5.78. The van der Waals surface area contributed by atoms with Gasteiger partial charge in [-0.2, -0.15) is 5.10 Å². The lowest BCUT2D eigenvalue weighted by molar-refractivity contribution is 0.0575. The first-order valence-corrected chi connectivity index (χ1v) is 6.30. The number of Topliss-reactive ketones (excluding diaryl/α,β-unsaturated/α-hetero) is 1. The molecule has 0 saturated carbocycles. The lowest BCUT2D eigenvalue weighted by Gasteiger charge is -2.12. The van der Waals surface area contributed by atoms with Crippen LogP contribution in [0.4, 0.5) is 0 Å². The van der Waals surface area contributed by atoms with E-state index in [0.717, 1.165) is 6.54 Å². The molecule has 0 saturated heterocycles. The Labute approximate surface area is 113 Å². The normalized spacial score (nSPS) is 11.5. The summed E-state index contributed by atoms with van der Waals surface area (Å²) in [5.41, 5.74) is 0.430. The minimum absolute atomic E-state index is 0.0193. The summed E-state index contributed by atoms with van der Waals surface area (Å²) < 4.78 is 6.94. The highest BCUT2D eigenvalue weighted by molar-refractivity contribution is 6.33. The van der Waals surface area contributed by atoms with Crippen LogP contribution in [0.15, 0.2) is 6.20 Å². The molecule has 18 heavy (non-hydrogen) atoms. The monoisotopic (exact) mass is 273 g/mol. The highest BCUT2D eigenvalue weighted by Crippen LogP contribution is 2.16. The Bertz CT molecular complexity index is 402. The van der Waals surface area contributed by atoms with Gasteiger partial charge in [0.1, 0.15) is 12.3 Å². The van der Waals surface area contributed by atoms with Crippen molar-refractivity contribution in [3.05, 3.63) is 16.9 Å². The van der Waals surface area contributed by atoms with Crippen molar-refractivity contribution in [2.45, 2.75) is 26.5 Å². The van der Waals surface area contributed by atoms with E-state index in [-0.39, 0.29) is 18.5 Å². The number of carbonyl (C=O) groups is 1. The summed E-state index contributed by atoms with van der Waals surface area (Å²) in [7, 11) is 3.93. The van der Waals surface area contributed by atoms with E-state index in [9.17, 15) is 4.79 Å². The van der Waals surface area contributed by atoms with E-state index < -0.39 is 0 Å². The van der Waals surface area contributed by atoms with Gasteiger partial charge < -0.3 is 9.64 Å². The summed E-state index contributed by atoms with van der Waals surface area (Å²) in [4.78, 5) is 14.0. The summed E-state index contributed by atoms with van der Waals surface area (Å²) >= 11 is 6.00. The lowest BCUT2D eigenvalue weighted by atomic mass is 10.3. The van der Waals surface area contributed by atoms with Crippen LogP contribution in [0, 0.1) is 0 Å². The van der Waals surface area contributed by atoms with Crippen LogP contribution in [-0.4, -0.2) is 53.8 Å². The van der Waals surface area contributed by atoms with Crippen LogP contribution in [0.25, 0.3) is 0 Å². The van der Waals surface area contributed by atoms with Crippen molar-refractivity contribution in [2.24, 2.45) is 0 Å². The summed E-state index contributed by atoms with van der Waals surface area (Å²) in [5, 5.41) is 4.50. The molecule has 0 N–H and O–H groups in total. The van der Waals surface area contributed by atoms with Gasteiger partial charge in [0.25, 0.3) is 0 Å². The maximum Gasteiger partial charge on any atom is 0.207 e.